The minimum absolute atomic E-state index is 1.31. The van der Waals surface area contributed by atoms with Crippen LogP contribution in [0.2, 0.25) is 0 Å². The standard InChI is InChI=1S/C5H5P.H3O4P/c1-2-4-6-5-3-1;1-5(2,3)4/h1-5H;(H3,1,2,3,4). The second kappa shape index (κ2) is 5.42. The van der Waals surface area contributed by atoms with Crippen molar-refractivity contribution in [2.24, 2.45) is 0 Å². The minimum atomic E-state index is -4.64. The first kappa shape index (κ1) is 10.8. The van der Waals surface area contributed by atoms with Crippen LogP contribution in [0.25, 0.3) is 0 Å². The monoisotopic (exact) mass is 194 g/mol. The highest BCUT2D eigenvalue weighted by molar-refractivity contribution is 7.45. The Morgan fingerprint density at radius 1 is 1.00 bits per heavy atom. The second-order valence-corrected chi connectivity index (χ2v) is 3.46. The van der Waals surface area contributed by atoms with E-state index in [1.54, 1.807) is 0 Å². The molecule has 0 radical (unpaired) electrons. The van der Waals surface area contributed by atoms with Crippen LogP contribution in [0.3, 0.4) is 0 Å². The summed E-state index contributed by atoms with van der Waals surface area (Å²) in [4.78, 5) is 21.6. The molecule has 3 N–H and O–H groups in total. The summed E-state index contributed by atoms with van der Waals surface area (Å²) in [5.74, 6) is 4.19. The summed E-state index contributed by atoms with van der Waals surface area (Å²) in [6.45, 7) is 0. The third-order valence-corrected chi connectivity index (χ3v) is 1.26. The summed E-state index contributed by atoms with van der Waals surface area (Å²) >= 11 is 0. The van der Waals surface area contributed by atoms with Crippen LogP contribution in [0.1, 0.15) is 0 Å². The first-order chi connectivity index (χ1) is 5.00. The van der Waals surface area contributed by atoms with E-state index in [9.17, 15) is 0 Å². The van der Waals surface area contributed by atoms with E-state index in [1.165, 1.54) is 8.19 Å². The number of hydrogen-bond acceptors (Lipinski definition) is 1. The summed E-state index contributed by atoms with van der Waals surface area (Å²) < 4.78 is 8.88. The Labute approximate surface area is 65.9 Å². The molecule has 0 unspecified atom stereocenters. The van der Waals surface area contributed by atoms with E-state index in [1.807, 2.05) is 18.2 Å². The summed E-state index contributed by atoms with van der Waals surface area (Å²) in [6.07, 6.45) is 0. The molecule has 62 valence electrons. The van der Waals surface area contributed by atoms with E-state index in [2.05, 4.69) is 11.6 Å². The van der Waals surface area contributed by atoms with Crippen LogP contribution in [-0.4, -0.2) is 14.7 Å². The smallest absolute Gasteiger partial charge is 0.303 e. The summed E-state index contributed by atoms with van der Waals surface area (Å²) in [7, 11) is -3.33. The highest BCUT2D eigenvalue weighted by atomic mass is 31.2. The molecule has 1 aromatic rings. The Morgan fingerprint density at radius 2 is 1.36 bits per heavy atom. The van der Waals surface area contributed by atoms with Crippen LogP contribution in [0.15, 0.2) is 29.8 Å². The fourth-order valence-corrected chi connectivity index (χ4v) is 0.810. The van der Waals surface area contributed by atoms with Gasteiger partial charge in [-0.3, -0.25) is 0 Å². The van der Waals surface area contributed by atoms with Gasteiger partial charge in [0.05, 0.1) is 0 Å². The topological polar surface area (TPSA) is 77.8 Å². The van der Waals surface area contributed by atoms with Crippen molar-refractivity contribution >= 4 is 16.0 Å². The SMILES string of the molecule is O=P(O)(O)O.c1ccpcc1. The Bertz CT molecular complexity index is 184. The molecule has 0 saturated carbocycles. The molecule has 0 aliphatic rings. The molecule has 0 atom stereocenters. The van der Waals surface area contributed by atoms with Gasteiger partial charge >= 0.3 is 7.82 Å². The summed E-state index contributed by atoms with van der Waals surface area (Å²) in [6, 6.07) is 6.11. The lowest BCUT2D eigenvalue weighted by molar-refractivity contribution is 0.275. The zero-order valence-corrected chi connectivity index (χ0v) is 7.32. The number of rotatable bonds is 0. The molecular weight excluding hydrogens is 186 g/mol. The van der Waals surface area contributed by atoms with Gasteiger partial charge in [0.25, 0.3) is 0 Å². The average molecular weight is 194 g/mol. The molecule has 6 heteroatoms. The van der Waals surface area contributed by atoms with Crippen molar-refractivity contribution in [2.45, 2.75) is 0 Å². The zero-order chi connectivity index (χ0) is 8.74. The van der Waals surface area contributed by atoms with Crippen LogP contribution < -0.4 is 0 Å². The van der Waals surface area contributed by atoms with Gasteiger partial charge in [-0.15, -0.1) is 0 Å². The molecule has 0 aliphatic heterocycles. The lowest BCUT2D eigenvalue weighted by Crippen LogP contribution is -1.66. The highest BCUT2D eigenvalue weighted by Gasteiger charge is 2.00. The Kier molecular flexibility index (Phi) is 5.30. The Balaban J connectivity index is 0.000000187. The number of hydrogen-bond donors (Lipinski definition) is 3. The van der Waals surface area contributed by atoms with Crippen molar-refractivity contribution < 1.29 is 19.2 Å². The lowest BCUT2D eigenvalue weighted by atomic mass is 10.6. The van der Waals surface area contributed by atoms with E-state index in [4.69, 9.17) is 19.2 Å². The third kappa shape index (κ3) is 17.7. The second-order valence-electron chi connectivity index (χ2n) is 1.54. The molecule has 1 aromatic heterocycles. The summed E-state index contributed by atoms with van der Waals surface area (Å²) in [5, 5.41) is 0. The quantitative estimate of drug-likeness (QED) is 0.544. The molecular formula is C5H8O4P2. The van der Waals surface area contributed by atoms with Gasteiger partial charge in [0, 0.05) is 0 Å². The Morgan fingerprint density at radius 3 is 1.45 bits per heavy atom. The molecule has 0 aromatic carbocycles. The third-order valence-electron chi connectivity index (χ3n) is 0.566. The number of phosphoric acid groups is 1. The normalized spacial score (nSPS) is 9.73. The molecule has 1 rings (SSSR count). The van der Waals surface area contributed by atoms with E-state index >= 15 is 0 Å². The minimum Gasteiger partial charge on any atom is -0.303 e. The maximum absolute atomic E-state index is 8.88. The van der Waals surface area contributed by atoms with Gasteiger partial charge in [0.15, 0.2) is 0 Å². The van der Waals surface area contributed by atoms with Crippen LogP contribution in [0, 0.1) is 0 Å². The first-order valence-corrected chi connectivity index (χ1v) is 5.23. The van der Waals surface area contributed by atoms with Crippen LogP contribution in [-0.2, 0) is 4.57 Å². The van der Waals surface area contributed by atoms with Gasteiger partial charge in [-0.05, 0) is 11.6 Å². The molecule has 0 amide bonds. The maximum atomic E-state index is 8.88. The van der Waals surface area contributed by atoms with Gasteiger partial charge in [-0.1, -0.05) is 26.4 Å². The predicted octanol–water partition coefficient (Wildman–Crippen LogP) is 1.34. The molecule has 11 heavy (non-hydrogen) atoms. The van der Waals surface area contributed by atoms with E-state index < -0.39 is 7.82 Å². The van der Waals surface area contributed by atoms with Crippen molar-refractivity contribution in [3.8, 4) is 0 Å². The predicted molar refractivity (Wildman–Crippen MR) is 43.2 cm³/mol. The Hall–Kier alpha value is -0.240. The van der Waals surface area contributed by atoms with Crippen molar-refractivity contribution in [2.75, 3.05) is 0 Å². The molecule has 0 bridgehead atoms. The lowest BCUT2D eigenvalue weighted by Gasteiger charge is -1.82. The van der Waals surface area contributed by atoms with E-state index in [-0.39, 0.29) is 0 Å². The van der Waals surface area contributed by atoms with Crippen molar-refractivity contribution in [1.29, 1.82) is 0 Å². The fourth-order valence-electron chi connectivity index (χ4n) is 0.313. The summed E-state index contributed by atoms with van der Waals surface area (Å²) in [5.41, 5.74) is 0. The highest BCUT2D eigenvalue weighted by Crippen LogP contribution is 2.25. The van der Waals surface area contributed by atoms with Crippen LogP contribution in [0.5, 0.6) is 0 Å². The maximum Gasteiger partial charge on any atom is 0.466 e. The average Bonchev–Trinajstić information content (AvgIpc) is 1.88. The van der Waals surface area contributed by atoms with Crippen molar-refractivity contribution in [3.05, 3.63) is 29.8 Å². The molecule has 0 aliphatic carbocycles. The fraction of sp³-hybridized carbons (Fsp3) is 0. The molecule has 1 heterocycles. The molecule has 0 saturated heterocycles. The van der Waals surface area contributed by atoms with Crippen molar-refractivity contribution in [3.63, 3.8) is 0 Å². The first-order valence-electron chi connectivity index (χ1n) is 2.63. The van der Waals surface area contributed by atoms with Crippen molar-refractivity contribution in [1.82, 2.24) is 0 Å². The molecule has 0 fully saturated rings. The van der Waals surface area contributed by atoms with E-state index in [0.717, 1.165) is 0 Å². The van der Waals surface area contributed by atoms with Gasteiger partial charge < -0.3 is 14.7 Å². The van der Waals surface area contributed by atoms with E-state index in [0.29, 0.717) is 0 Å². The zero-order valence-electron chi connectivity index (χ0n) is 5.53. The molecule has 4 nitrogen and oxygen atoms in total. The van der Waals surface area contributed by atoms with Gasteiger partial charge in [-0.2, -0.15) is 0 Å². The largest absolute Gasteiger partial charge is 0.466 e. The van der Waals surface area contributed by atoms with Gasteiger partial charge in [0.1, 0.15) is 0 Å². The van der Waals surface area contributed by atoms with Crippen LogP contribution in [0.4, 0.5) is 0 Å². The van der Waals surface area contributed by atoms with Gasteiger partial charge in [0.2, 0.25) is 0 Å². The van der Waals surface area contributed by atoms with Gasteiger partial charge in [-0.25, -0.2) is 4.57 Å². The molecule has 0 spiro atoms. The van der Waals surface area contributed by atoms with Crippen LogP contribution >= 0.6 is 16.0 Å².